The van der Waals surface area contributed by atoms with E-state index >= 15 is 0 Å². The van der Waals surface area contributed by atoms with Crippen molar-refractivity contribution in [1.82, 2.24) is 9.97 Å². The molecule has 0 fully saturated rings. The summed E-state index contributed by atoms with van der Waals surface area (Å²) < 4.78 is 28.3. The third-order valence-corrected chi connectivity index (χ3v) is 5.17. The Morgan fingerprint density at radius 1 is 1.07 bits per heavy atom. The van der Waals surface area contributed by atoms with Crippen molar-refractivity contribution in [2.75, 3.05) is 24.4 Å². The number of nitrogens with zero attached hydrogens (tertiary/aromatic N) is 2. The molecule has 0 aliphatic rings. The number of aromatic nitrogens is 2. The Balaban J connectivity index is 1.91. The number of benzene rings is 2. The van der Waals surface area contributed by atoms with Gasteiger partial charge in [0.25, 0.3) is 0 Å². The number of sulfone groups is 1. The standard InChI is InChI=1S/C18H17ClN4O3S/c1-26-16-8-5-12(9-14(16)19)21-17-10-15(22-18(20)23-17)11-3-6-13(7-4-11)27(2,24)25/h3-10H,1-2H3,(H3,20,21,22,23). The summed E-state index contributed by atoms with van der Waals surface area (Å²) >= 11 is 6.13. The fraction of sp³-hybridized carbons (Fsp3) is 0.111. The predicted molar refractivity (Wildman–Crippen MR) is 106 cm³/mol. The van der Waals surface area contributed by atoms with E-state index in [0.717, 1.165) is 6.26 Å². The molecule has 0 unspecified atom stereocenters. The van der Waals surface area contributed by atoms with E-state index in [1.165, 1.54) is 12.1 Å². The second-order valence-corrected chi connectivity index (χ2v) is 8.19. The molecule has 0 bridgehead atoms. The Morgan fingerprint density at radius 2 is 1.78 bits per heavy atom. The van der Waals surface area contributed by atoms with Crippen molar-refractivity contribution < 1.29 is 13.2 Å². The van der Waals surface area contributed by atoms with Gasteiger partial charge in [0.2, 0.25) is 5.95 Å². The van der Waals surface area contributed by atoms with Gasteiger partial charge in [0.15, 0.2) is 9.84 Å². The zero-order valence-electron chi connectivity index (χ0n) is 14.6. The molecule has 3 rings (SSSR count). The molecule has 1 heterocycles. The smallest absolute Gasteiger partial charge is 0.222 e. The first-order chi connectivity index (χ1) is 12.8. The van der Waals surface area contributed by atoms with Crippen LogP contribution in [0.15, 0.2) is 53.4 Å². The molecule has 0 saturated carbocycles. The van der Waals surface area contributed by atoms with E-state index < -0.39 is 9.84 Å². The van der Waals surface area contributed by atoms with Crippen LogP contribution in [0.2, 0.25) is 5.02 Å². The van der Waals surface area contributed by atoms with E-state index in [0.29, 0.717) is 33.5 Å². The summed E-state index contributed by atoms with van der Waals surface area (Å²) in [4.78, 5) is 8.62. The van der Waals surface area contributed by atoms with E-state index in [-0.39, 0.29) is 10.8 Å². The topological polar surface area (TPSA) is 107 Å². The summed E-state index contributed by atoms with van der Waals surface area (Å²) in [7, 11) is -1.72. The SMILES string of the molecule is COc1ccc(Nc2cc(-c3ccc(S(C)(=O)=O)cc3)nc(N)n2)cc1Cl. The maximum absolute atomic E-state index is 11.6. The Bertz CT molecular complexity index is 1090. The molecule has 0 aliphatic carbocycles. The third-order valence-electron chi connectivity index (χ3n) is 3.75. The molecule has 0 atom stereocenters. The molecular weight excluding hydrogens is 388 g/mol. The van der Waals surface area contributed by atoms with Crippen molar-refractivity contribution in [3.63, 3.8) is 0 Å². The largest absolute Gasteiger partial charge is 0.495 e. The zero-order chi connectivity index (χ0) is 19.6. The van der Waals surface area contributed by atoms with Gasteiger partial charge in [0, 0.05) is 23.6 Å². The lowest BCUT2D eigenvalue weighted by molar-refractivity contribution is 0.415. The van der Waals surface area contributed by atoms with Crippen molar-refractivity contribution in [3.05, 3.63) is 53.6 Å². The Labute approximate surface area is 162 Å². The van der Waals surface area contributed by atoms with Gasteiger partial charge in [-0.25, -0.2) is 13.4 Å². The number of nitrogens with one attached hydrogen (secondary N) is 1. The maximum atomic E-state index is 11.6. The van der Waals surface area contributed by atoms with Crippen LogP contribution in [0.1, 0.15) is 0 Å². The number of nitrogen functional groups attached to an aromatic ring is 1. The fourth-order valence-electron chi connectivity index (χ4n) is 2.44. The van der Waals surface area contributed by atoms with Crippen LogP contribution in [-0.4, -0.2) is 31.8 Å². The monoisotopic (exact) mass is 404 g/mol. The van der Waals surface area contributed by atoms with Gasteiger partial charge in [0.1, 0.15) is 11.6 Å². The highest BCUT2D eigenvalue weighted by Crippen LogP contribution is 2.29. The van der Waals surface area contributed by atoms with E-state index in [9.17, 15) is 8.42 Å². The summed E-state index contributed by atoms with van der Waals surface area (Å²) in [6.45, 7) is 0. The number of nitrogens with two attached hydrogens (primary N) is 1. The molecule has 1 aromatic heterocycles. The zero-order valence-corrected chi connectivity index (χ0v) is 16.2. The molecule has 27 heavy (non-hydrogen) atoms. The van der Waals surface area contributed by atoms with Gasteiger partial charge in [-0.15, -0.1) is 0 Å². The number of methoxy groups -OCH3 is 1. The number of hydrogen-bond donors (Lipinski definition) is 2. The minimum Gasteiger partial charge on any atom is -0.495 e. The van der Waals surface area contributed by atoms with Crippen LogP contribution in [-0.2, 0) is 9.84 Å². The van der Waals surface area contributed by atoms with Gasteiger partial charge >= 0.3 is 0 Å². The summed E-state index contributed by atoms with van der Waals surface area (Å²) in [5.41, 5.74) is 7.80. The fourth-order valence-corrected chi connectivity index (χ4v) is 3.33. The Morgan fingerprint density at radius 3 is 2.37 bits per heavy atom. The molecule has 3 N–H and O–H groups in total. The molecule has 0 amide bonds. The minimum absolute atomic E-state index is 0.0850. The average molecular weight is 405 g/mol. The van der Waals surface area contributed by atoms with Crippen LogP contribution >= 0.6 is 11.6 Å². The lowest BCUT2D eigenvalue weighted by atomic mass is 10.1. The highest BCUT2D eigenvalue weighted by Gasteiger charge is 2.10. The molecule has 140 valence electrons. The van der Waals surface area contributed by atoms with Gasteiger partial charge < -0.3 is 15.8 Å². The Kier molecular flexibility index (Phi) is 5.20. The highest BCUT2D eigenvalue weighted by atomic mass is 35.5. The van der Waals surface area contributed by atoms with Gasteiger partial charge in [-0.05, 0) is 30.3 Å². The van der Waals surface area contributed by atoms with E-state index in [1.807, 2.05) is 0 Å². The molecule has 0 radical (unpaired) electrons. The molecule has 2 aromatic carbocycles. The molecule has 9 heteroatoms. The van der Waals surface area contributed by atoms with Crippen LogP contribution in [0.4, 0.5) is 17.5 Å². The van der Waals surface area contributed by atoms with Crippen molar-refractivity contribution in [3.8, 4) is 17.0 Å². The number of halogens is 1. The third kappa shape index (κ3) is 4.47. The van der Waals surface area contributed by atoms with Crippen molar-refractivity contribution >= 4 is 38.9 Å². The Hall–Kier alpha value is -2.84. The highest BCUT2D eigenvalue weighted by molar-refractivity contribution is 7.90. The first-order valence-corrected chi connectivity index (χ1v) is 10.1. The lowest BCUT2D eigenvalue weighted by Crippen LogP contribution is -2.02. The quantitative estimate of drug-likeness (QED) is 0.669. The number of anilines is 3. The second kappa shape index (κ2) is 7.42. The second-order valence-electron chi connectivity index (χ2n) is 5.77. The first-order valence-electron chi connectivity index (χ1n) is 7.82. The van der Waals surface area contributed by atoms with Crippen LogP contribution < -0.4 is 15.8 Å². The van der Waals surface area contributed by atoms with Crippen LogP contribution in [0.25, 0.3) is 11.3 Å². The van der Waals surface area contributed by atoms with Gasteiger partial charge in [-0.2, -0.15) is 4.98 Å². The molecular formula is C18H17ClN4O3S. The maximum Gasteiger partial charge on any atom is 0.222 e. The van der Waals surface area contributed by atoms with Crippen molar-refractivity contribution in [2.45, 2.75) is 4.90 Å². The summed E-state index contributed by atoms with van der Waals surface area (Å²) in [5.74, 6) is 1.13. The molecule has 0 saturated heterocycles. The van der Waals surface area contributed by atoms with Crippen LogP contribution in [0, 0.1) is 0 Å². The normalized spacial score (nSPS) is 11.2. The summed E-state index contributed by atoms with van der Waals surface area (Å²) in [5, 5.41) is 3.58. The molecule has 7 nitrogen and oxygen atoms in total. The van der Waals surface area contributed by atoms with Gasteiger partial charge in [0.05, 0.1) is 22.7 Å². The number of hydrogen-bond acceptors (Lipinski definition) is 7. The predicted octanol–water partition coefficient (Wildman–Crippen LogP) is 3.53. The average Bonchev–Trinajstić information content (AvgIpc) is 2.61. The van der Waals surface area contributed by atoms with Crippen LogP contribution in [0.5, 0.6) is 5.75 Å². The molecule has 3 aromatic rings. The van der Waals surface area contributed by atoms with Crippen LogP contribution in [0.3, 0.4) is 0 Å². The van der Waals surface area contributed by atoms with Gasteiger partial charge in [-0.3, -0.25) is 0 Å². The lowest BCUT2D eigenvalue weighted by Gasteiger charge is -2.10. The first kappa shape index (κ1) is 18.9. The van der Waals surface area contributed by atoms with E-state index in [4.69, 9.17) is 22.1 Å². The van der Waals surface area contributed by atoms with Gasteiger partial charge in [-0.1, -0.05) is 23.7 Å². The number of ether oxygens (including phenoxy) is 1. The summed E-state index contributed by atoms with van der Waals surface area (Å²) in [6, 6.07) is 13.4. The summed E-state index contributed by atoms with van der Waals surface area (Å²) in [6.07, 6.45) is 1.16. The van der Waals surface area contributed by atoms with E-state index in [2.05, 4.69) is 15.3 Å². The minimum atomic E-state index is -3.26. The number of rotatable bonds is 5. The van der Waals surface area contributed by atoms with Crippen molar-refractivity contribution in [1.29, 1.82) is 0 Å². The molecule has 0 spiro atoms. The van der Waals surface area contributed by atoms with Crippen molar-refractivity contribution in [2.24, 2.45) is 0 Å². The molecule has 0 aliphatic heterocycles. The van der Waals surface area contributed by atoms with E-state index in [1.54, 1.807) is 43.5 Å².